The quantitative estimate of drug-likeness (QED) is 0.550. The van der Waals surface area contributed by atoms with Crippen LogP contribution < -0.4 is 10.1 Å². The van der Waals surface area contributed by atoms with E-state index >= 15 is 0 Å². The Balaban J connectivity index is 0.000000177. The minimum absolute atomic E-state index is 0.110. The fourth-order valence-corrected chi connectivity index (χ4v) is 2.23. The normalized spacial score (nSPS) is 9.62. The summed E-state index contributed by atoms with van der Waals surface area (Å²) in [6.07, 6.45) is 2.13. The predicted octanol–water partition coefficient (Wildman–Crippen LogP) is 4.18. The van der Waals surface area contributed by atoms with E-state index in [9.17, 15) is 4.79 Å². The van der Waals surface area contributed by atoms with Gasteiger partial charge in [-0.25, -0.2) is 4.98 Å². The van der Waals surface area contributed by atoms with E-state index in [0.717, 1.165) is 21.9 Å². The van der Waals surface area contributed by atoms with Crippen LogP contribution >= 0.6 is 12.6 Å². The van der Waals surface area contributed by atoms with Gasteiger partial charge in [0.25, 0.3) is 5.89 Å². The first-order valence-electron chi connectivity index (χ1n) is 7.19. The molecule has 1 aromatic heterocycles. The van der Waals surface area contributed by atoms with Gasteiger partial charge in [-0.2, -0.15) is 0 Å². The van der Waals surface area contributed by atoms with E-state index in [1.807, 2.05) is 55.6 Å². The van der Waals surface area contributed by atoms with E-state index in [1.165, 1.54) is 0 Å². The van der Waals surface area contributed by atoms with Crippen molar-refractivity contribution >= 4 is 24.6 Å². The van der Waals surface area contributed by atoms with Crippen molar-refractivity contribution in [2.75, 3.05) is 19.5 Å². The standard InChI is InChI=1S/C10H7NO2.C8H11NOS/c12-7-10-11-6-9(13-10)8-4-2-1-3-5-8;1-9-6-3-4-7(10-2)8(11)5-6/h1-7H;3-5,9,11H,1-2H3. The average Bonchev–Trinajstić information content (AvgIpc) is 3.12. The maximum absolute atomic E-state index is 10.3. The highest BCUT2D eigenvalue weighted by Gasteiger charge is 2.03. The highest BCUT2D eigenvalue weighted by molar-refractivity contribution is 7.80. The molecule has 5 nitrogen and oxygen atoms in total. The van der Waals surface area contributed by atoms with Crippen LogP contribution in [0.5, 0.6) is 5.75 Å². The fraction of sp³-hybridized carbons (Fsp3) is 0.111. The van der Waals surface area contributed by atoms with Crippen molar-refractivity contribution in [1.29, 1.82) is 0 Å². The predicted molar refractivity (Wildman–Crippen MR) is 97.1 cm³/mol. The van der Waals surface area contributed by atoms with Crippen LogP contribution in [0.2, 0.25) is 0 Å². The summed E-state index contributed by atoms with van der Waals surface area (Å²) in [7, 11) is 3.50. The molecule has 3 aromatic rings. The molecule has 1 heterocycles. The van der Waals surface area contributed by atoms with Gasteiger partial charge in [0.15, 0.2) is 5.76 Å². The van der Waals surface area contributed by atoms with E-state index in [4.69, 9.17) is 9.15 Å². The van der Waals surface area contributed by atoms with E-state index in [2.05, 4.69) is 22.9 Å². The zero-order valence-corrected chi connectivity index (χ0v) is 14.3. The third-order valence-electron chi connectivity index (χ3n) is 3.15. The lowest BCUT2D eigenvalue weighted by atomic mass is 10.2. The average molecular weight is 342 g/mol. The minimum Gasteiger partial charge on any atom is -0.496 e. The first-order valence-corrected chi connectivity index (χ1v) is 7.64. The molecule has 3 rings (SSSR count). The Kier molecular flexibility index (Phi) is 6.45. The number of hydrogen-bond acceptors (Lipinski definition) is 6. The Morgan fingerprint density at radius 1 is 1.21 bits per heavy atom. The second kappa shape index (κ2) is 8.79. The van der Waals surface area contributed by atoms with Crippen LogP contribution in [-0.4, -0.2) is 25.4 Å². The van der Waals surface area contributed by atoms with Gasteiger partial charge in [-0.15, -0.1) is 12.6 Å². The van der Waals surface area contributed by atoms with Crippen molar-refractivity contribution in [3.8, 4) is 17.1 Å². The number of methoxy groups -OCH3 is 1. The number of thiol groups is 1. The van der Waals surface area contributed by atoms with E-state index in [-0.39, 0.29) is 5.89 Å². The Morgan fingerprint density at radius 3 is 2.50 bits per heavy atom. The monoisotopic (exact) mass is 342 g/mol. The summed E-state index contributed by atoms with van der Waals surface area (Å²) in [4.78, 5) is 14.9. The van der Waals surface area contributed by atoms with Gasteiger partial charge >= 0.3 is 0 Å². The van der Waals surface area contributed by atoms with Crippen molar-refractivity contribution in [1.82, 2.24) is 4.98 Å². The minimum atomic E-state index is 0.110. The van der Waals surface area contributed by atoms with Gasteiger partial charge in [-0.05, 0) is 18.2 Å². The van der Waals surface area contributed by atoms with Crippen LogP contribution in [0.25, 0.3) is 11.3 Å². The largest absolute Gasteiger partial charge is 0.496 e. The lowest BCUT2D eigenvalue weighted by molar-refractivity contribution is 0.109. The first-order chi connectivity index (χ1) is 11.7. The van der Waals surface area contributed by atoms with E-state index in [1.54, 1.807) is 13.3 Å². The lowest BCUT2D eigenvalue weighted by Crippen LogP contribution is -1.89. The molecule has 124 valence electrons. The summed E-state index contributed by atoms with van der Waals surface area (Å²) in [5.74, 6) is 1.52. The molecule has 1 N–H and O–H groups in total. The zero-order chi connectivity index (χ0) is 17.4. The molecule has 0 aliphatic heterocycles. The number of hydrogen-bond donors (Lipinski definition) is 2. The molecule has 6 heteroatoms. The molecular formula is C18H18N2O3S. The van der Waals surface area contributed by atoms with Crippen molar-refractivity contribution in [3.63, 3.8) is 0 Å². The number of rotatable bonds is 4. The molecule has 0 fully saturated rings. The second-order valence-electron chi connectivity index (χ2n) is 4.68. The number of nitrogens with one attached hydrogen (secondary N) is 1. The van der Waals surface area contributed by atoms with Crippen molar-refractivity contribution in [2.24, 2.45) is 0 Å². The molecule has 0 aliphatic rings. The highest BCUT2D eigenvalue weighted by atomic mass is 32.1. The number of carbonyl (C=O) groups excluding carboxylic acids is 1. The Morgan fingerprint density at radius 2 is 1.96 bits per heavy atom. The van der Waals surface area contributed by atoms with Gasteiger partial charge in [-0.3, -0.25) is 4.79 Å². The second-order valence-corrected chi connectivity index (χ2v) is 5.17. The Labute approximate surface area is 146 Å². The van der Waals surface area contributed by atoms with E-state index < -0.39 is 0 Å². The van der Waals surface area contributed by atoms with Crippen LogP contribution in [-0.2, 0) is 0 Å². The number of benzene rings is 2. The molecular weight excluding hydrogens is 324 g/mol. The molecule has 0 unspecified atom stereocenters. The fourth-order valence-electron chi connectivity index (χ4n) is 1.92. The maximum Gasteiger partial charge on any atom is 0.260 e. The molecule has 0 spiro atoms. The topological polar surface area (TPSA) is 64.4 Å². The van der Waals surface area contributed by atoms with Gasteiger partial charge in [-0.1, -0.05) is 30.3 Å². The number of oxazole rings is 1. The van der Waals surface area contributed by atoms with Crippen molar-refractivity contribution in [3.05, 3.63) is 60.6 Å². The smallest absolute Gasteiger partial charge is 0.260 e. The maximum atomic E-state index is 10.3. The van der Waals surface area contributed by atoms with Gasteiger partial charge in [0.2, 0.25) is 6.29 Å². The summed E-state index contributed by atoms with van der Waals surface area (Å²) < 4.78 is 10.2. The molecule has 0 amide bonds. The molecule has 0 saturated heterocycles. The molecule has 0 radical (unpaired) electrons. The molecule has 2 aromatic carbocycles. The number of nitrogens with zero attached hydrogens (tertiary/aromatic N) is 1. The Hall–Kier alpha value is -2.73. The Bertz CT molecular complexity index is 788. The first kappa shape index (κ1) is 17.6. The van der Waals surface area contributed by atoms with Gasteiger partial charge < -0.3 is 14.5 Å². The highest BCUT2D eigenvalue weighted by Crippen LogP contribution is 2.25. The SMILES string of the molecule is CNc1ccc(OC)c(S)c1.O=Cc1ncc(-c2ccccc2)o1. The molecule has 24 heavy (non-hydrogen) atoms. The molecule has 0 atom stereocenters. The molecule has 0 bridgehead atoms. The number of anilines is 1. The van der Waals surface area contributed by atoms with Gasteiger partial charge in [0.1, 0.15) is 5.75 Å². The van der Waals surface area contributed by atoms with Gasteiger partial charge in [0.05, 0.1) is 13.3 Å². The summed E-state index contributed by atoms with van der Waals surface area (Å²) >= 11 is 4.24. The summed E-state index contributed by atoms with van der Waals surface area (Å²) in [5, 5.41) is 3.01. The summed E-state index contributed by atoms with van der Waals surface area (Å²) in [5.41, 5.74) is 1.96. The molecule has 0 saturated carbocycles. The van der Waals surface area contributed by atoms with Crippen LogP contribution in [0, 0.1) is 0 Å². The van der Waals surface area contributed by atoms with Gasteiger partial charge in [0, 0.05) is 23.2 Å². The molecule has 0 aliphatic carbocycles. The van der Waals surface area contributed by atoms with E-state index in [0.29, 0.717) is 12.0 Å². The number of aldehydes is 1. The number of ether oxygens (including phenoxy) is 1. The third kappa shape index (κ3) is 4.63. The van der Waals surface area contributed by atoms with Crippen LogP contribution in [0.1, 0.15) is 10.7 Å². The number of carbonyl (C=O) groups is 1. The third-order valence-corrected chi connectivity index (χ3v) is 3.50. The van der Waals surface area contributed by atoms with Crippen LogP contribution in [0.3, 0.4) is 0 Å². The van der Waals surface area contributed by atoms with Crippen LogP contribution in [0.15, 0.2) is 64.0 Å². The number of aromatic nitrogens is 1. The van der Waals surface area contributed by atoms with Crippen molar-refractivity contribution < 1.29 is 13.9 Å². The summed E-state index contributed by atoms with van der Waals surface area (Å²) in [6, 6.07) is 15.3. The zero-order valence-electron chi connectivity index (χ0n) is 13.4. The summed E-state index contributed by atoms with van der Waals surface area (Å²) in [6.45, 7) is 0. The van der Waals surface area contributed by atoms with Crippen LogP contribution in [0.4, 0.5) is 5.69 Å². The lowest BCUT2D eigenvalue weighted by Gasteiger charge is -2.05. The van der Waals surface area contributed by atoms with Crippen molar-refractivity contribution in [2.45, 2.75) is 4.90 Å².